The Balaban J connectivity index is 1.98. The predicted molar refractivity (Wildman–Crippen MR) is 179 cm³/mol. The average Bonchev–Trinajstić information content (AvgIpc) is 3.02. The van der Waals surface area contributed by atoms with Crippen molar-refractivity contribution < 1.29 is 36.6 Å². The molecule has 3 rings (SSSR count). The Morgan fingerprint density at radius 2 is 1.42 bits per heavy atom. The third-order valence-corrected chi connectivity index (χ3v) is 9.99. The van der Waals surface area contributed by atoms with Crippen LogP contribution in [-0.4, -0.2) is 85.3 Å². The highest BCUT2D eigenvalue weighted by atomic mass is 32.2. The zero-order valence-electron chi connectivity index (χ0n) is 26.6. The van der Waals surface area contributed by atoms with Crippen LogP contribution in [0.3, 0.4) is 0 Å². The number of carboxylic acid groups (broad SMARTS) is 1. The van der Waals surface area contributed by atoms with Gasteiger partial charge in [0.15, 0.2) is 0 Å². The number of carbonyl (C=O) groups excluding carboxylic acids is 1. The lowest BCUT2D eigenvalue weighted by atomic mass is 10.00. The van der Waals surface area contributed by atoms with Gasteiger partial charge in [0.2, 0.25) is 26.0 Å². The molecule has 0 aliphatic heterocycles. The van der Waals surface area contributed by atoms with Gasteiger partial charge in [-0.2, -0.15) is 9.21 Å². The molecule has 2 amide bonds. The lowest BCUT2D eigenvalue weighted by molar-refractivity contribution is -0.127. The molecule has 260 valence electrons. The minimum Gasteiger partial charge on any atom is -0.465 e. The second-order valence-corrected chi connectivity index (χ2v) is 15.4. The van der Waals surface area contributed by atoms with Crippen molar-refractivity contribution in [1.82, 2.24) is 14.5 Å². The van der Waals surface area contributed by atoms with E-state index in [1.807, 2.05) is 0 Å². The van der Waals surface area contributed by atoms with Crippen molar-refractivity contribution in [3.8, 4) is 0 Å². The maximum atomic E-state index is 13.8. The summed E-state index contributed by atoms with van der Waals surface area (Å²) >= 11 is 0. The van der Waals surface area contributed by atoms with Crippen LogP contribution >= 0.6 is 0 Å². The molecule has 0 spiro atoms. The van der Waals surface area contributed by atoms with Gasteiger partial charge in [-0.05, 0) is 41.2 Å². The lowest BCUT2D eigenvalue weighted by Gasteiger charge is -2.33. The standard InChI is InChI=1S/C32H41N5O9S2/c1-23(2)19-36(48(45,46)27-15-13-25(14-16-27)18-34-42)21-30(38)28(17-24-9-5-3-6-10-24)35-31(39)29(22-47(33,43)44)37(32(40)41)20-26-11-7-4-8-12-26/h3-16,23,28-30,38H,17-22H2,1-2H3,(H,35,39)(H,40,41)(H2,33,43,44)/t28-,29-,30+/m0/s1. The molecule has 0 unspecified atom stereocenters. The van der Waals surface area contributed by atoms with Gasteiger partial charge in [0.1, 0.15) is 12.6 Å². The number of hydrogen-bond acceptors (Lipinski definition) is 9. The first-order valence-electron chi connectivity index (χ1n) is 15.0. The Morgan fingerprint density at radius 3 is 1.92 bits per heavy atom. The maximum absolute atomic E-state index is 13.8. The second-order valence-electron chi connectivity index (χ2n) is 11.8. The van der Waals surface area contributed by atoms with Crippen LogP contribution in [0.15, 0.2) is 95.0 Å². The maximum Gasteiger partial charge on any atom is 0.408 e. The SMILES string of the molecule is CC(C)CN(C[C@@H](O)[C@H](Cc1ccccc1)NC(=O)[C@H](CS(N)(=O)=O)N(Cc1ccccc1)C(=O)O)S(=O)(=O)c1ccc(CN=O)cc1. The van der Waals surface area contributed by atoms with E-state index >= 15 is 0 Å². The van der Waals surface area contributed by atoms with Crippen LogP contribution < -0.4 is 10.5 Å². The second kappa shape index (κ2) is 17.3. The summed E-state index contributed by atoms with van der Waals surface area (Å²) in [6.45, 7) is 2.65. The fourth-order valence-electron chi connectivity index (χ4n) is 5.05. The zero-order valence-corrected chi connectivity index (χ0v) is 28.3. The summed E-state index contributed by atoms with van der Waals surface area (Å²) in [5.74, 6) is -2.26. The predicted octanol–water partition coefficient (Wildman–Crippen LogP) is 2.53. The smallest absolute Gasteiger partial charge is 0.408 e. The van der Waals surface area contributed by atoms with Gasteiger partial charge in [0, 0.05) is 19.6 Å². The van der Waals surface area contributed by atoms with E-state index in [0.29, 0.717) is 21.6 Å². The van der Waals surface area contributed by atoms with E-state index in [2.05, 4.69) is 10.5 Å². The van der Waals surface area contributed by atoms with Gasteiger partial charge in [-0.3, -0.25) is 9.69 Å². The molecule has 0 saturated carbocycles. The fraction of sp³-hybridized carbons (Fsp3) is 0.375. The molecule has 0 heterocycles. The molecule has 0 bridgehead atoms. The number of nitrogens with two attached hydrogens (primary N) is 1. The molecule has 16 heteroatoms. The lowest BCUT2D eigenvalue weighted by Crippen LogP contribution is -2.58. The Kier molecular flexibility index (Phi) is 13.7. The van der Waals surface area contributed by atoms with Crippen molar-refractivity contribution >= 4 is 32.0 Å². The molecule has 0 saturated heterocycles. The van der Waals surface area contributed by atoms with E-state index in [0.717, 1.165) is 4.31 Å². The number of sulfonamides is 2. The van der Waals surface area contributed by atoms with Crippen LogP contribution in [0.1, 0.15) is 30.5 Å². The summed E-state index contributed by atoms with van der Waals surface area (Å²) in [6.07, 6.45) is -3.12. The Hall–Kier alpha value is -4.22. The minimum absolute atomic E-state index is 0.000944. The van der Waals surface area contributed by atoms with E-state index in [-0.39, 0.29) is 36.9 Å². The van der Waals surface area contributed by atoms with Gasteiger partial charge in [-0.15, -0.1) is 0 Å². The largest absolute Gasteiger partial charge is 0.465 e. The summed E-state index contributed by atoms with van der Waals surface area (Å²) in [7, 11) is -8.57. The summed E-state index contributed by atoms with van der Waals surface area (Å²) in [4.78, 5) is 37.4. The quantitative estimate of drug-likeness (QED) is 0.143. The Labute approximate surface area is 280 Å². The number of benzene rings is 3. The number of aliphatic hydroxyl groups is 1. The number of carbonyl (C=O) groups is 2. The van der Waals surface area contributed by atoms with Gasteiger partial charge in [-0.25, -0.2) is 26.8 Å². The molecule has 0 aromatic heterocycles. The third-order valence-electron chi connectivity index (χ3n) is 7.37. The van der Waals surface area contributed by atoms with Gasteiger partial charge in [0.05, 0.1) is 22.8 Å². The molecule has 0 aliphatic rings. The highest BCUT2D eigenvalue weighted by molar-refractivity contribution is 7.89. The first-order valence-corrected chi connectivity index (χ1v) is 18.2. The van der Waals surface area contributed by atoms with E-state index in [1.165, 1.54) is 24.3 Å². The minimum atomic E-state index is -4.38. The highest BCUT2D eigenvalue weighted by Gasteiger charge is 2.37. The number of nitrogens with zero attached hydrogens (tertiary/aromatic N) is 3. The van der Waals surface area contributed by atoms with Gasteiger partial charge < -0.3 is 15.5 Å². The monoisotopic (exact) mass is 703 g/mol. The molecule has 3 aromatic carbocycles. The number of nitrogens with one attached hydrogen (secondary N) is 1. The highest BCUT2D eigenvalue weighted by Crippen LogP contribution is 2.21. The van der Waals surface area contributed by atoms with Crippen LogP contribution in [0.25, 0.3) is 0 Å². The van der Waals surface area contributed by atoms with Crippen molar-refractivity contribution in [2.75, 3.05) is 18.8 Å². The fourth-order valence-corrected chi connectivity index (χ4v) is 7.45. The summed E-state index contributed by atoms with van der Waals surface area (Å²) < 4.78 is 53.1. The molecule has 14 nitrogen and oxygen atoms in total. The van der Waals surface area contributed by atoms with Crippen LogP contribution in [0, 0.1) is 10.8 Å². The topological polar surface area (TPSA) is 217 Å². The number of nitroso groups, excluding NO2 is 1. The molecule has 3 aromatic rings. The third kappa shape index (κ3) is 11.5. The molecule has 0 aliphatic carbocycles. The average molecular weight is 704 g/mol. The normalized spacial score (nSPS) is 13.9. The summed E-state index contributed by atoms with van der Waals surface area (Å²) in [5, 5.41) is 32.3. The van der Waals surface area contributed by atoms with E-state index in [1.54, 1.807) is 74.5 Å². The number of primary sulfonamides is 1. The zero-order chi connectivity index (χ0) is 35.5. The van der Waals surface area contributed by atoms with Gasteiger partial charge in [-0.1, -0.05) is 91.8 Å². The van der Waals surface area contributed by atoms with Crippen LogP contribution in [0.2, 0.25) is 0 Å². The number of hydrogen-bond donors (Lipinski definition) is 4. The molecule has 48 heavy (non-hydrogen) atoms. The van der Waals surface area contributed by atoms with Crippen LogP contribution in [-0.2, 0) is 44.4 Å². The van der Waals surface area contributed by atoms with E-state index in [9.17, 15) is 41.5 Å². The Morgan fingerprint density at radius 1 is 0.854 bits per heavy atom. The van der Waals surface area contributed by atoms with Gasteiger partial charge in [0.25, 0.3) is 0 Å². The van der Waals surface area contributed by atoms with Crippen molar-refractivity contribution in [3.05, 3.63) is 107 Å². The summed E-state index contributed by atoms with van der Waals surface area (Å²) in [5.41, 5.74) is 1.65. The number of rotatable bonds is 18. The summed E-state index contributed by atoms with van der Waals surface area (Å²) in [6, 6.07) is 19.5. The molecular weight excluding hydrogens is 663 g/mol. The van der Waals surface area contributed by atoms with Crippen molar-refractivity contribution in [1.29, 1.82) is 0 Å². The van der Waals surface area contributed by atoms with Crippen LogP contribution in [0.4, 0.5) is 4.79 Å². The number of amides is 2. The van der Waals surface area contributed by atoms with Crippen molar-refractivity contribution in [2.45, 2.75) is 56.4 Å². The molecule has 5 N–H and O–H groups in total. The van der Waals surface area contributed by atoms with E-state index < -0.39 is 62.5 Å². The number of aliphatic hydroxyl groups excluding tert-OH is 1. The van der Waals surface area contributed by atoms with Crippen molar-refractivity contribution in [3.63, 3.8) is 0 Å². The van der Waals surface area contributed by atoms with Crippen LogP contribution in [0.5, 0.6) is 0 Å². The first-order chi connectivity index (χ1) is 22.6. The van der Waals surface area contributed by atoms with Gasteiger partial charge >= 0.3 is 6.09 Å². The first kappa shape index (κ1) is 38.2. The van der Waals surface area contributed by atoms with E-state index in [4.69, 9.17) is 5.14 Å². The molecule has 0 fully saturated rings. The molecule has 3 atom stereocenters. The molecular formula is C32H41N5O9S2. The Bertz CT molecular complexity index is 1720. The van der Waals surface area contributed by atoms with Crippen molar-refractivity contribution in [2.24, 2.45) is 16.2 Å². The molecule has 0 radical (unpaired) electrons.